The fraction of sp³-hybridized carbons (Fsp3) is 0.667. The van der Waals surface area contributed by atoms with Gasteiger partial charge in [-0.1, -0.05) is 6.92 Å². The summed E-state index contributed by atoms with van der Waals surface area (Å²) in [6.45, 7) is 3.54. The van der Waals surface area contributed by atoms with E-state index in [4.69, 9.17) is 4.74 Å². The molecule has 0 amide bonds. The maximum atomic E-state index is 10.6. The molecule has 0 aromatic carbocycles. The van der Waals surface area contributed by atoms with Gasteiger partial charge in [0.1, 0.15) is 0 Å². The topological polar surface area (TPSA) is 47.6 Å². The van der Waals surface area contributed by atoms with Gasteiger partial charge in [-0.2, -0.15) is 0 Å². The molecule has 0 heterocycles. The van der Waals surface area contributed by atoms with Crippen LogP contribution in [0.4, 0.5) is 0 Å². The van der Waals surface area contributed by atoms with Crippen LogP contribution >= 0.6 is 0 Å². The van der Waals surface area contributed by atoms with Crippen molar-refractivity contribution in [3.05, 3.63) is 12.3 Å². The Morgan fingerprint density at radius 1 is 1.54 bits per heavy atom. The van der Waals surface area contributed by atoms with E-state index in [-0.39, 0.29) is 5.97 Å². The molecule has 1 atom stereocenters. The average molecular weight is 187 g/mol. The zero-order valence-corrected chi connectivity index (χ0v) is 8.37. The van der Waals surface area contributed by atoms with Gasteiger partial charge in [0.25, 0.3) is 0 Å². The number of carbonyl (C=O) groups excluding carboxylic acids is 1. The van der Waals surface area contributed by atoms with E-state index in [9.17, 15) is 4.79 Å². The molecular formula is C9H17NO3. The van der Waals surface area contributed by atoms with Gasteiger partial charge in [-0.15, -0.1) is 0 Å². The third-order valence-corrected chi connectivity index (χ3v) is 1.46. The third kappa shape index (κ3) is 7.33. The lowest BCUT2D eigenvalue weighted by Gasteiger charge is -2.08. The Labute approximate surface area is 78.9 Å². The molecule has 0 spiro atoms. The van der Waals surface area contributed by atoms with Crippen LogP contribution in [0, 0.1) is 5.92 Å². The van der Waals surface area contributed by atoms with Gasteiger partial charge in [-0.25, -0.2) is 4.79 Å². The van der Waals surface area contributed by atoms with Crippen molar-refractivity contribution in [1.82, 2.24) is 5.32 Å². The van der Waals surface area contributed by atoms with Gasteiger partial charge in [0.15, 0.2) is 0 Å². The molecule has 0 aromatic rings. The Hall–Kier alpha value is -1.03. The van der Waals surface area contributed by atoms with E-state index in [1.54, 1.807) is 13.3 Å². The van der Waals surface area contributed by atoms with E-state index < -0.39 is 0 Å². The van der Waals surface area contributed by atoms with Gasteiger partial charge >= 0.3 is 5.97 Å². The summed E-state index contributed by atoms with van der Waals surface area (Å²) < 4.78 is 9.36. The predicted octanol–water partition coefficient (Wildman–Crippen LogP) is 0.545. The highest BCUT2D eigenvalue weighted by molar-refractivity contribution is 5.81. The van der Waals surface area contributed by atoms with Crippen molar-refractivity contribution >= 4 is 5.97 Å². The molecule has 0 aliphatic carbocycles. The Morgan fingerprint density at radius 2 is 2.23 bits per heavy atom. The van der Waals surface area contributed by atoms with Crippen molar-refractivity contribution < 1.29 is 14.3 Å². The minimum atomic E-state index is -0.355. The van der Waals surface area contributed by atoms with Gasteiger partial charge in [0.05, 0.1) is 13.7 Å². The lowest BCUT2D eigenvalue weighted by molar-refractivity contribution is -0.134. The van der Waals surface area contributed by atoms with E-state index >= 15 is 0 Å². The smallest absolute Gasteiger partial charge is 0.331 e. The summed E-state index contributed by atoms with van der Waals surface area (Å²) in [6, 6.07) is 0. The van der Waals surface area contributed by atoms with Crippen LogP contribution in [0.15, 0.2) is 12.3 Å². The van der Waals surface area contributed by atoms with Crippen LogP contribution in [-0.2, 0) is 14.3 Å². The first-order chi connectivity index (χ1) is 6.20. The van der Waals surface area contributed by atoms with E-state index in [1.165, 1.54) is 13.2 Å². The van der Waals surface area contributed by atoms with Crippen molar-refractivity contribution in [1.29, 1.82) is 0 Å². The zero-order valence-electron chi connectivity index (χ0n) is 8.37. The van der Waals surface area contributed by atoms with Gasteiger partial charge < -0.3 is 14.8 Å². The summed E-state index contributed by atoms with van der Waals surface area (Å²) in [5.41, 5.74) is 0. The van der Waals surface area contributed by atoms with Crippen molar-refractivity contribution in [3.63, 3.8) is 0 Å². The minimum Gasteiger partial charge on any atom is -0.466 e. The van der Waals surface area contributed by atoms with E-state index in [2.05, 4.69) is 17.0 Å². The van der Waals surface area contributed by atoms with Crippen molar-refractivity contribution in [2.75, 3.05) is 27.4 Å². The standard InChI is InChI=1S/C9H17NO3/c1-8(7-12-2)6-10-5-4-9(11)13-3/h4-5,8,10H,6-7H2,1-3H3/b5-4+. The second-order valence-corrected chi connectivity index (χ2v) is 2.83. The largest absolute Gasteiger partial charge is 0.466 e. The van der Waals surface area contributed by atoms with Gasteiger partial charge in [0, 0.05) is 25.9 Å². The van der Waals surface area contributed by atoms with Gasteiger partial charge in [-0.05, 0) is 5.92 Å². The fourth-order valence-corrected chi connectivity index (χ4v) is 0.808. The second kappa shape index (κ2) is 7.61. The highest BCUT2D eigenvalue weighted by atomic mass is 16.5. The molecular weight excluding hydrogens is 170 g/mol. The minimum absolute atomic E-state index is 0.355. The number of esters is 1. The number of rotatable bonds is 6. The Balaban J connectivity index is 3.43. The summed E-state index contributed by atoms with van der Waals surface area (Å²) in [7, 11) is 3.01. The van der Waals surface area contributed by atoms with E-state index in [0.717, 1.165) is 6.54 Å². The highest BCUT2D eigenvalue weighted by Gasteiger charge is 1.98. The molecule has 13 heavy (non-hydrogen) atoms. The lowest BCUT2D eigenvalue weighted by Crippen LogP contribution is -2.19. The monoisotopic (exact) mass is 187 g/mol. The van der Waals surface area contributed by atoms with Crippen LogP contribution in [0.3, 0.4) is 0 Å². The van der Waals surface area contributed by atoms with Crippen molar-refractivity contribution in [2.45, 2.75) is 6.92 Å². The molecule has 1 N–H and O–H groups in total. The summed E-state index contributed by atoms with van der Waals surface area (Å²) in [5.74, 6) is 0.0687. The molecule has 0 aliphatic rings. The molecule has 4 heteroatoms. The molecule has 4 nitrogen and oxygen atoms in total. The van der Waals surface area contributed by atoms with Crippen LogP contribution in [-0.4, -0.2) is 33.3 Å². The van der Waals surface area contributed by atoms with Crippen LogP contribution in [0.1, 0.15) is 6.92 Å². The summed E-state index contributed by atoms with van der Waals surface area (Å²) >= 11 is 0. The van der Waals surface area contributed by atoms with Gasteiger partial charge in [-0.3, -0.25) is 0 Å². The highest BCUT2D eigenvalue weighted by Crippen LogP contribution is 1.91. The molecule has 1 unspecified atom stereocenters. The number of carbonyl (C=O) groups is 1. The third-order valence-electron chi connectivity index (χ3n) is 1.46. The summed E-state index contributed by atoms with van der Waals surface area (Å²) in [4.78, 5) is 10.6. The normalized spacial score (nSPS) is 12.8. The molecule has 0 radical (unpaired) electrons. The maximum absolute atomic E-state index is 10.6. The molecule has 0 rings (SSSR count). The van der Waals surface area contributed by atoms with E-state index in [1.807, 2.05) is 0 Å². The Kier molecular flexibility index (Phi) is 7.01. The van der Waals surface area contributed by atoms with Crippen molar-refractivity contribution in [2.24, 2.45) is 5.92 Å². The SMILES string of the molecule is COCC(C)CN/C=C/C(=O)OC. The number of nitrogens with one attached hydrogen (secondary N) is 1. The Morgan fingerprint density at radius 3 is 2.77 bits per heavy atom. The molecule has 0 saturated heterocycles. The molecule has 76 valence electrons. The quantitative estimate of drug-likeness (QED) is 0.487. The zero-order chi connectivity index (χ0) is 10.1. The first-order valence-electron chi connectivity index (χ1n) is 4.17. The number of hydrogen-bond acceptors (Lipinski definition) is 4. The number of methoxy groups -OCH3 is 2. The summed E-state index contributed by atoms with van der Waals surface area (Å²) in [5, 5.41) is 2.97. The Bertz CT molecular complexity index is 168. The second-order valence-electron chi connectivity index (χ2n) is 2.83. The summed E-state index contributed by atoms with van der Waals surface area (Å²) in [6.07, 6.45) is 2.93. The first-order valence-corrected chi connectivity index (χ1v) is 4.17. The molecule has 0 aliphatic heterocycles. The number of hydrogen-bond donors (Lipinski definition) is 1. The maximum Gasteiger partial charge on any atom is 0.331 e. The average Bonchev–Trinajstić information content (AvgIpc) is 2.12. The molecule has 0 saturated carbocycles. The fourth-order valence-electron chi connectivity index (χ4n) is 0.808. The van der Waals surface area contributed by atoms with Gasteiger partial charge in [0.2, 0.25) is 0 Å². The van der Waals surface area contributed by atoms with Crippen LogP contribution in [0.5, 0.6) is 0 Å². The number of ether oxygens (including phenoxy) is 2. The van der Waals surface area contributed by atoms with Crippen LogP contribution < -0.4 is 5.32 Å². The van der Waals surface area contributed by atoms with E-state index in [0.29, 0.717) is 12.5 Å². The lowest BCUT2D eigenvalue weighted by atomic mass is 10.2. The molecule has 0 fully saturated rings. The predicted molar refractivity (Wildman–Crippen MR) is 50.2 cm³/mol. The van der Waals surface area contributed by atoms with Crippen LogP contribution in [0.2, 0.25) is 0 Å². The molecule has 0 bridgehead atoms. The molecule has 0 aromatic heterocycles. The van der Waals surface area contributed by atoms with Crippen LogP contribution in [0.25, 0.3) is 0 Å². The van der Waals surface area contributed by atoms with Crippen molar-refractivity contribution in [3.8, 4) is 0 Å². The first kappa shape index (κ1) is 12.0.